The van der Waals surface area contributed by atoms with Gasteiger partial charge in [-0.25, -0.2) is 4.39 Å². The summed E-state index contributed by atoms with van der Waals surface area (Å²) < 4.78 is 21.3. The van der Waals surface area contributed by atoms with Crippen molar-refractivity contribution in [2.75, 3.05) is 29.9 Å². The minimum Gasteiger partial charge on any atom is -0.489 e. The topological polar surface area (TPSA) is 70.7 Å². The van der Waals surface area contributed by atoms with Crippen LogP contribution in [-0.4, -0.2) is 31.4 Å². The fourth-order valence-electron chi connectivity index (χ4n) is 3.96. The maximum absolute atomic E-state index is 14.7. The van der Waals surface area contributed by atoms with Gasteiger partial charge in [0.15, 0.2) is 0 Å². The number of ether oxygens (including phenoxy) is 1. The van der Waals surface area contributed by atoms with Crippen molar-refractivity contribution in [2.24, 2.45) is 0 Å². The molecule has 172 valence electrons. The van der Waals surface area contributed by atoms with E-state index in [2.05, 4.69) is 10.6 Å². The van der Waals surface area contributed by atoms with Crippen molar-refractivity contribution in [3.63, 3.8) is 0 Å². The highest BCUT2D eigenvalue weighted by Crippen LogP contribution is 2.34. The lowest BCUT2D eigenvalue weighted by molar-refractivity contribution is -0.120. The highest BCUT2D eigenvalue weighted by Gasteiger charge is 2.22. The zero-order chi connectivity index (χ0) is 23.5. The number of carbonyl (C=O) groups is 2. The van der Waals surface area contributed by atoms with Crippen LogP contribution in [0, 0.1) is 5.82 Å². The van der Waals surface area contributed by atoms with Gasteiger partial charge in [-0.2, -0.15) is 0 Å². The van der Waals surface area contributed by atoms with E-state index < -0.39 is 0 Å². The predicted molar refractivity (Wildman–Crippen MR) is 132 cm³/mol. The fraction of sp³-hybridized carbons (Fsp3) is 0.154. The van der Waals surface area contributed by atoms with E-state index >= 15 is 0 Å². The number of amides is 2. The number of benzene rings is 3. The summed E-state index contributed by atoms with van der Waals surface area (Å²) in [6.45, 7) is 1.72. The van der Waals surface area contributed by atoms with Crippen molar-refractivity contribution >= 4 is 44.6 Å². The first-order chi connectivity index (χ1) is 16.6. The zero-order valence-corrected chi connectivity index (χ0v) is 19.0. The summed E-state index contributed by atoms with van der Waals surface area (Å²) in [5, 5.41) is 6.13. The van der Waals surface area contributed by atoms with Gasteiger partial charge in [0.1, 0.15) is 23.1 Å². The zero-order valence-electron chi connectivity index (χ0n) is 18.2. The maximum atomic E-state index is 14.7. The van der Waals surface area contributed by atoms with E-state index in [0.717, 1.165) is 12.2 Å². The molecule has 6 nitrogen and oxygen atoms in total. The molecule has 2 N–H and O–H groups in total. The van der Waals surface area contributed by atoms with E-state index in [-0.39, 0.29) is 24.2 Å². The van der Waals surface area contributed by atoms with Crippen LogP contribution in [0.25, 0.3) is 10.1 Å². The highest BCUT2D eigenvalue weighted by atomic mass is 32.1. The van der Waals surface area contributed by atoms with E-state index in [1.807, 2.05) is 47.4 Å². The summed E-state index contributed by atoms with van der Waals surface area (Å²) in [4.78, 5) is 27.3. The number of nitrogens with one attached hydrogen (secondary N) is 2. The summed E-state index contributed by atoms with van der Waals surface area (Å²) >= 11 is 1.24. The quantitative estimate of drug-likeness (QED) is 0.420. The van der Waals surface area contributed by atoms with Crippen molar-refractivity contribution in [2.45, 2.75) is 6.61 Å². The number of rotatable bonds is 6. The van der Waals surface area contributed by atoms with Gasteiger partial charge in [0.2, 0.25) is 5.91 Å². The number of halogens is 1. The second kappa shape index (κ2) is 9.52. The van der Waals surface area contributed by atoms with E-state index in [0.29, 0.717) is 45.1 Å². The normalized spacial score (nSPS) is 13.6. The summed E-state index contributed by atoms with van der Waals surface area (Å²) in [5.41, 5.74) is 2.05. The van der Waals surface area contributed by atoms with Gasteiger partial charge in [-0.05, 0) is 48.5 Å². The van der Waals surface area contributed by atoms with Crippen LogP contribution < -0.4 is 20.3 Å². The van der Waals surface area contributed by atoms with Crippen LogP contribution in [0.5, 0.6) is 5.75 Å². The molecule has 1 fully saturated rings. The number of piperazine rings is 1. The van der Waals surface area contributed by atoms with E-state index in [1.54, 1.807) is 24.3 Å². The molecular weight excluding hydrogens is 453 g/mol. The molecule has 5 rings (SSSR count). The minimum atomic E-state index is -0.380. The number of para-hydroxylation sites is 1. The summed E-state index contributed by atoms with van der Waals surface area (Å²) in [6, 6.07) is 21.4. The van der Waals surface area contributed by atoms with Gasteiger partial charge in [-0.1, -0.05) is 24.3 Å². The lowest BCUT2D eigenvalue weighted by Crippen LogP contribution is -2.47. The number of nitrogens with zero attached hydrogens (tertiary/aromatic N) is 1. The number of fused-ring (bicyclic) bond motifs is 1. The van der Waals surface area contributed by atoms with Crippen LogP contribution in [0.2, 0.25) is 0 Å². The van der Waals surface area contributed by atoms with E-state index in [4.69, 9.17) is 4.74 Å². The SMILES string of the molecule is O=C1CN(c2ccc(NC(=O)c3sc4cccc(F)c4c3COc3ccccc3)cc2)CCN1. The summed E-state index contributed by atoms with van der Waals surface area (Å²) in [7, 11) is 0. The molecule has 8 heteroatoms. The van der Waals surface area contributed by atoms with Crippen molar-refractivity contribution in [3.05, 3.63) is 89.1 Å². The Bertz CT molecular complexity index is 1340. The Morgan fingerprint density at radius 2 is 1.85 bits per heavy atom. The van der Waals surface area contributed by atoms with Crippen LogP contribution in [0.15, 0.2) is 72.8 Å². The second-order valence-electron chi connectivity index (χ2n) is 7.90. The number of hydrogen-bond acceptors (Lipinski definition) is 5. The molecule has 2 heterocycles. The van der Waals surface area contributed by atoms with Crippen molar-refractivity contribution < 1.29 is 18.7 Å². The van der Waals surface area contributed by atoms with Gasteiger partial charge in [0.25, 0.3) is 5.91 Å². The molecule has 1 aromatic heterocycles. The first-order valence-corrected chi connectivity index (χ1v) is 11.7. The molecule has 1 aliphatic rings. The third-order valence-electron chi connectivity index (χ3n) is 5.62. The Kier molecular flexibility index (Phi) is 6.14. The molecule has 0 aliphatic carbocycles. The molecule has 0 atom stereocenters. The first kappa shape index (κ1) is 21.9. The molecule has 2 amide bonds. The Hall–Kier alpha value is -3.91. The largest absolute Gasteiger partial charge is 0.489 e. The Labute approximate surface area is 200 Å². The number of anilines is 2. The van der Waals surface area contributed by atoms with Gasteiger partial charge in [-0.15, -0.1) is 11.3 Å². The average molecular weight is 476 g/mol. The average Bonchev–Trinajstić information content (AvgIpc) is 3.24. The molecule has 0 unspecified atom stereocenters. The van der Waals surface area contributed by atoms with Crippen LogP contribution >= 0.6 is 11.3 Å². The molecule has 0 saturated carbocycles. The molecule has 0 spiro atoms. The predicted octanol–water partition coefficient (Wildman–Crippen LogP) is 4.81. The lowest BCUT2D eigenvalue weighted by Gasteiger charge is -2.28. The second-order valence-corrected chi connectivity index (χ2v) is 8.95. The third-order valence-corrected chi connectivity index (χ3v) is 6.82. The first-order valence-electron chi connectivity index (χ1n) is 10.9. The molecule has 0 radical (unpaired) electrons. The van der Waals surface area contributed by atoms with Crippen molar-refractivity contribution in [1.29, 1.82) is 0 Å². The monoisotopic (exact) mass is 475 g/mol. The molecule has 0 bridgehead atoms. The van der Waals surface area contributed by atoms with Crippen molar-refractivity contribution in [3.8, 4) is 5.75 Å². The Morgan fingerprint density at radius 3 is 2.62 bits per heavy atom. The van der Waals surface area contributed by atoms with Gasteiger partial charge in [-0.3, -0.25) is 9.59 Å². The Balaban J connectivity index is 1.38. The van der Waals surface area contributed by atoms with E-state index in [9.17, 15) is 14.0 Å². The third kappa shape index (κ3) is 4.58. The van der Waals surface area contributed by atoms with Crippen molar-refractivity contribution in [1.82, 2.24) is 5.32 Å². The van der Waals surface area contributed by atoms with Crippen LogP contribution in [0.3, 0.4) is 0 Å². The lowest BCUT2D eigenvalue weighted by atomic mass is 10.1. The molecular formula is C26H22FN3O3S. The van der Waals surface area contributed by atoms with Crippen LogP contribution in [0.4, 0.5) is 15.8 Å². The van der Waals surface area contributed by atoms with Crippen LogP contribution in [0.1, 0.15) is 15.2 Å². The number of carbonyl (C=O) groups excluding carboxylic acids is 2. The standard InChI is InChI=1S/C26H22FN3O3S/c27-21-7-4-8-22-24(21)20(16-33-19-5-2-1-3-6-19)25(34-22)26(32)29-17-9-11-18(12-10-17)30-14-13-28-23(31)15-30/h1-12H,13-16H2,(H,28,31)(H,29,32). The summed E-state index contributed by atoms with van der Waals surface area (Å²) in [6.07, 6.45) is 0. The van der Waals surface area contributed by atoms with Crippen LogP contribution in [-0.2, 0) is 11.4 Å². The Morgan fingerprint density at radius 1 is 1.06 bits per heavy atom. The molecule has 4 aromatic rings. The number of thiophene rings is 1. The van der Waals surface area contributed by atoms with Gasteiger partial charge in [0, 0.05) is 40.1 Å². The molecule has 1 saturated heterocycles. The number of hydrogen-bond donors (Lipinski definition) is 2. The fourth-order valence-corrected chi connectivity index (χ4v) is 5.08. The minimum absolute atomic E-state index is 0.00845. The maximum Gasteiger partial charge on any atom is 0.266 e. The summed E-state index contributed by atoms with van der Waals surface area (Å²) in [5.74, 6) is -0.0656. The van der Waals surface area contributed by atoms with E-state index in [1.165, 1.54) is 17.4 Å². The molecule has 3 aromatic carbocycles. The smallest absolute Gasteiger partial charge is 0.266 e. The highest BCUT2D eigenvalue weighted by molar-refractivity contribution is 7.21. The van der Waals surface area contributed by atoms with Gasteiger partial charge < -0.3 is 20.3 Å². The van der Waals surface area contributed by atoms with Gasteiger partial charge in [0.05, 0.1) is 6.54 Å². The molecule has 1 aliphatic heterocycles. The molecule has 34 heavy (non-hydrogen) atoms. The van der Waals surface area contributed by atoms with Gasteiger partial charge >= 0.3 is 0 Å².